The predicted molar refractivity (Wildman–Crippen MR) is 111 cm³/mol. The third-order valence-corrected chi connectivity index (χ3v) is 3.56. The average molecular weight is 457 g/mol. The predicted octanol–water partition coefficient (Wildman–Crippen LogP) is 3.54. The van der Waals surface area contributed by atoms with Crippen LogP contribution in [0, 0.1) is 12.7 Å². The summed E-state index contributed by atoms with van der Waals surface area (Å²) in [5, 5.41) is 16.4. The maximum Gasteiger partial charge on any atom is 0.191 e. The number of aliphatic hydroxyl groups is 1. The minimum atomic E-state index is -0.728. The van der Waals surface area contributed by atoms with Crippen molar-refractivity contribution >= 4 is 29.9 Å². The topological polar surface area (TPSA) is 56.7 Å². The van der Waals surface area contributed by atoms with Gasteiger partial charge in [0.1, 0.15) is 5.82 Å². The number of aliphatic hydroxyl groups excluding tert-OH is 1. The highest BCUT2D eigenvalue weighted by Crippen LogP contribution is 2.12. The average Bonchev–Trinajstić information content (AvgIpc) is 2.58. The van der Waals surface area contributed by atoms with E-state index in [-0.39, 0.29) is 29.8 Å². The Labute approximate surface area is 165 Å². The quantitative estimate of drug-likeness (QED) is 0.354. The number of rotatable bonds is 6. The summed E-state index contributed by atoms with van der Waals surface area (Å²) in [6, 6.07) is 14.0. The van der Waals surface area contributed by atoms with Crippen LogP contribution < -0.4 is 10.6 Å². The fourth-order valence-corrected chi connectivity index (χ4v) is 2.32. The van der Waals surface area contributed by atoms with Crippen LogP contribution in [-0.2, 0) is 6.54 Å². The van der Waals surface area contributed by atoms with Crippen LogP contribution in [0.25, 0.3) is 0 Å². The van der Waals surface area contributed by atoms with Crippen LogP contribution >= 0.6 is 24.0 Å². The molecule has 0 radical (unpaired) electrons. The molecule has 0 heterocycles. The second kappa shape index (κ2) is 11.0. The Kier molecular flexibility index (Phi) is 9.44. The first-order valence-electron chi connectivity index (χ1n) is 8.09. The van der Waals surface area contributed by atoms with Crippen LogP contribution in [0.3, 0.4) is 0 Å². The lowest BCUT2D eigenvalue weighted by atomic mass is 10.1. The summed E-state index contributed by atoms with van der Waals surface area (Å²) in [5.41, 5.74) is 3.00. The van der Waals surface area contributed by atoms with Crippen molar-refractivity contribution in [2.75, 3.05) is 13.1 Å². The molecule has 25 heavy (non-hydrogen) atoms. The minimum Gasteiger partial charge on any atom is -0.387 e. The van der Waals surface area contributed by atoms with Gasteiger partial charge in [-0.1, -0.05) is 42.0 Å². The van der Waals surface area contributed by atoms with Crippen molar-refractivity contribution in [1.29, 1.82) is 0 Å². The van der Waals surface area contributed by atoms with Gasteiger partial charge in [-0.15, -0.1) is 24.0 Å². The van der Waals surface area contributed by atoms with Crippen LogP contribution in [0.15, 0.2) is 53.5 Å². The monoisotopic (exact) mass is 457 g/mol. The fraction of sp³-hybridized carbons (Fsp3) is 0.316. The Morgan fingerprint density at radius 1 is 1.16 bits per heavy atom. The molecule has 2 aromatic carbocycles. The lowest BCUT2D eigenvalue weighted by Crippen LogP contribution is -2.39. The van der Waals surface area contributed by atoms with Crippen molar-refractivity contribution in [3.63, 3.8) is 0 Å². The lowest BCUT2D eigenvalue weighted by Gasteiger charge is -2.15. The Balaban J connectivity index is 0.00000312. The number of benzene rings is 2. The number of hydrogen-bond acceptors (Lipinski definition) is 2. The van der Waals surface area contributed by atoms with Crippen LogP contribution in [0.1, 0.15) is 29.7 Å². The SMILES string of the molecule is CCNC(=NCc1cccc(C)c1)NCC(O)c1ccc(F)cc1.I. The van der Waals surface area contributed by atoms with E-state index < -0.39 is 6.10 Å². The van der Waals surface area contributed by atoms with Crippen LogP contribution in [-0.4, -0.2) is 24.2 Å². The van der Waals surface area contributed by atoms with Gasteiger partial charge in [0, 0.05) is 13.1 Å². The zero-order chi connectivity index (χ0) is 17.4. The molecular formula is C19H25FIN3O. The highest BCUT2D eigenvalue weighted by Gasteiger charge is 2.08. The molecule has 4 nitrogen and oxygen atoms in total. The number of aliphatic imine (C=N–C) groups is 1. The number of guanidine groups is 1. The first kappa shape index (κ1) is 21.4. The molecule has 0 aliphatic carbocycles. The Morgan fingerprint density at radius 2 is 1.88 bits per heavy atom. The summed E-state index contributed by atoms with van der Waals surface area (Å²) in [7, 11) is 0. The van der Waals surface area contributed by atoms with Gasteiger partial charge in [0.15, 0.2) is 5.96 Å². The summed E-state index contributed by atoms with van der Waals surface area (Å²) in [6.45, 7) is 5.62. The van der Waals surface area contributed by atoms with E-state index in [0.29, 0.717) is 24.6 Å². The van der Waals surface area contributed by atoms with E-state index >= 15 is 0 Å². The van der Waals surface area contributed by atoms with Crippen molar-refractivity contribution in [2.24, 2.45) is 4.99 Å². The highest BCUT2D eigenvalue weighted by atomic mass is 127. The third-order valence-electron chi connectivity index (χ3n) is 3.56. The summed E-state index contributed by atoms with van der Waals surface area (Å²) in [4.78, 5) is 4.53. The largest absolute Gasteiger partial charge is 0.387 e. The number of nitrogens with one attached hydrogen (secondary N) is 2. The molecule has 0 spiro atoms. The van der Waals surface area contributed by atoms with E-state index in [9.17, 15) is 9.50 Å². The molecule has 2 rings (SSSR count). The van der Waals surface area contributed by atoms with Crippen molar-refractivity contribution in [2.45, 2.75) is 26.5 Å². The molecule has 0 amide bonds. The van der Waals surface area contributed by atoms with Gasteiger partial charge in [0.25, 0.3) is 0 Å². The zero-order valence-electron chi connectivity index (χ0n) is 14.5. The van der Waals surface area contributed by atoms with Gasteiger partial charge < -0.3 is 15.7 Å². The normalized spacial score (nSPS) is 12.2. The summed E-state index contributed by atoms with van der Waals surface area (Å²) >= 11 is 0. The molecule has 0 fully saturated rings. The van der Waals surface area contributed by atoms with Gasteiger partial charge in [-0.05, 0) is 37.1 Å². The molecule has 2 aromatic rings. The standard InChI is InChI=1S/C19H24FN3O.HI/c1-3-21-19(22-12-15-6-4-5-14(2)11-15)23-13-18(24)16-7-9-17(20)10-8-16;/h4-11,18,24H,3,12-13H2,1-2H3,(H2,21,22,23);1H. The van der Waals surface area contributed by atoms with Gasteiger partial charge >= 0.3 is 0 Å². The van der Waals surface area contributed by atoms with Gasteiger partial charge in [-0.2, -0.15) is 0 Å². The third kappa shape index (κ3) is 7.39. The maximum atomic E-state index is 12.9. The van der Waals surface area contributed by atoms with Crippen LogP contribution in [0.5, 0.6) is 0 Å². The second-order valence-electron chi connectivity index (χ2n) is 5.63. The number of aryl methyl sites for hydroxylation is 1. The molecule has 0 saturated heterocycles. The van der Waals surface area contributed by atoms with E-state index in [0.717, 1.165) is 12.1 Å². The first-order chi connectivity index (χ1) is 11.6. The summed E-state index contributed by atoms with van der Waals surface area (Å²) in [5.74, 6) is 0.326. The molecule has 0 bridgehead atoms. The molecule has 1 unspecified atom stereocenters. The number of hydrogen-bond donors (Lipinski definition) is 3. The Bertz CT molecular complexity index is 677. The molecule has 136 valence electrons. The molecule has 0 aliphatic heterocycles. The molecule has 3 N–H and O–H groups in total. The number of nitrogens with zero attached hydrogens (tertiary/aromatic N) is 1. The molecule has 0 aliphatic rings. The van der Waals surface area contributed by atoms with Gasteiger partial charge in [0.05, 0.1) is 12.6 Å². The molecular weight excluding hydrogens is 432 g/mol. The van der Waals surface area contributed by atoms with E-state index in [2.05, 4.69) is 34.7 Å². The zero-order valence-corrected chi connectivity index (χ0v) is 16.8. The molecule has 6 heteroatoms. The minimum absolute atomic E-state index is 0. The van der Waals surface area contributed by atoms with E-state index in [4.69, 9.17) is 0 Å². The first-order valence-corrected chi connectivity index (χ1v) is 8.09. The molecule has 0 aromatic heterocycles. The Hall–Kier alpha value is -1.67. The lowest BCUT2D eigenvalue weighted by molar-refractivity contribution is 0.180. The van der Waals surface area contributed by atoms with E-state index in [1.807, 2.05) is 19.1 Å². The maximum absolute atomic E-state index is 12.9. The van der Waals surface area contributed by atoms with Crippen molar-refractivity contribution in [1.82, 2.24) is 10.6 Å². The smallest absolute Gasteiger partial charge is 0.191 e. The van der Waals surface area contributed by atoms with Crippen molar-refractivity contribution in [3.8, 4) is 0 Å². The molecule has 0 saturated carbocycles. The van der Waals surface area contributed by atoms with Crippen LogP contribution in [0.2, 0.25) is 0 Å². The summed E-state index contributed by atoms with van der Waals surface area (Å²) < 4.78 is 12.9. The fourth-order valence-electron chi connectivity index (χ4n) is 2.32. The Morgan fingerprint density at radius 3 is 2.52 bits per heavy atom. The highest BCUT2D eigenvalue weighted by molar-refractivity contribution is 14.0. The molecule has 1 atom stereocenters. The number of halogens is 2. The van der Waals surface area contributed by atoms with Gasteiger partial charge in [0.2, 0.25) is 0 Å². The summed E-state index contributed by atoms with van der Waals surface area (Å²) in [6.07, 6.45) is -0.728. The van der Waals surface area contributed by atoms with Crippen LogP contribution in [0.4, 0.5) is 4.39 Å². The second-order valence-corrected chi connectivity index (χ2v) is 5.63. The van der Waals surface area contributed by atoms with Gasteiger partial charge in [-0.3, -0.25) is 0 Å². The van der Waals surface area contributed by atoms with Crippen molar-refractivity contribution < 1.29 is 9.50 Å². The van der Waals surface area contributed by atoms with E-state index in [1.165, 1.54) is 17.7 Å². The van der Waals surface area contributed by atoms with E-state index in [1.54, 1.807) is 12.1 Å². The van der Waals surface area contributed by atoms with Crippen molar-refractivity contribution in [3.05, 3.63) is 71.0 Å². The van der Waals surface area contributed by atoms with Gasteiger partial charge in [-0.25, -0.2) is 9.38 Å².